The van der Waals surface area contributed by atoms with E-state index >= 15 is 0 Å². The van der Waals surface area contributed by atoms with Crippen LogP contribution in [-0.2, 0) is 0 Å². The molecule has 0 aromatic heterocycles. The second-order valence-electron chi connectivity index (χ2n) is 3.72. The fourth-order valence-electron chi connectivity index (χ4n) is 1.14. The van der Waals surface area contributed by atoms with Gasteiger partial charge in [-0.05, 0) is 5.56 Å². The Labute approximate surface area is 96.1 Å². The lowest BCUT2D eigenvalue weighted by atomic mass is 9.92. The summed E-state index contributed by atoms with van der Waals surface area (Å²) in [5.41, 5.74) is -0.796. The Bertz CT molecular complexity index is 322. The maximum Gasteiger partial charge on any atom is 0.246 e. The summed E-state index contributed by atoms with van der Waals surface area (Å²) < 4.78 is 0. The summed E-state index contributed by atoms with van der Waals surface area (Å²) >= 11 is 0. The molecule has 0 spiro atoms. The second-order valence-corrected chi connectivity index (χ2v) is 3.72. The average molecular weight is 225 g/mol. The fraction of sp³-hybridized carbons (Fsp3) is 0.500. The molecule has 0 aliphatic carbocycles. The van der Waals surface area contributed by atoms with Crippen LogP contribution in [0.25, 0.3) is 0 Å². The lowest BCUT2D eigenvalue weighted by Gasteiger charge is -2.22. The van der Waals surface area contributed by atoms with Gasteiger partial charge in [0.1, 0.15) is 6.10 Å². The van der Waals surface area contributed by atoms with Gasteiger partial charge in [0, 0.05) is 18.8 Å². The molecule has 1 aromatic rings. The SMILES string of the molecule is CC.CC(C)(C(O)c1ccccc1)[N+](=O)[O-]. The third kappa shape index (κ3) is 3.31. The highest BCUT2D eigenvalue weighted by atomic mass is 16.6. The number of benzene rings is 1. The topological polar surface area (TPSA) is 63.4 Å². The molecule has 0 radical (unpaired) electrons. The van der Waals surface area contributed by atoms with Crippen LogP contribution in [0.1, 0.15) is 39.4 Å². The number of nitro groups is 1. The molecule has 0 amide bonds. The Hall–Kier alpha value is -1.42. The normalized spacial score (nSPS) is 12.3. The minimum Gasteiger partial charge on any atom is -0.381 e. The minimum absolute atomic E-state index is 0.468. The molecule has 1 rings (SSSR count). The summed E-state index contributed by atoms with van der Waals surface area (Å²) in [6, 6.07) is 8.64. The van der Waals surface area contributed by atoms with Crippen molar-refractivity contribution in [1.29, 1.82) is 0 Å². The van der Waals surface area contributed by atoms with E-state index in [9.17, 15) is 15.2 Å². The molecule has 1 atom stereocenters. The molecule has 0 heterocycles. The summed E-state index contributed by atoms with van der Waals surface area (Å²) in [7, 11) is 0. The van der Waals surface area contributed by atoms with Crippen LogP contribution in [0.15, 0.2) is 30.3 Å². The van der Waals surface area contributed by atoms with E-state index in [1.807, 2.05) is 13.8 Å². The Morgan fingerprint density at radius 1 is 1.25 bits per heavy atom. The van der Waals surface area contributed by atoms with Crippen molar-refractivity contribution < 1.29 is 10.0 Å². The zero-order chi connectivity index (χ0) is 12.8. The first-order valence-corrected chi connectivity index (χ1v) is 5.33. The van der Waals surface area contributed by atoms with Crippen molar-refractivity contribution in [2.45, 2.75) is 39.3 Å². The van der Waals surface area contributed by atoms with Crippen molar-refractivity contribution in [2.24, 2.45) is 0 Å². The van der Waals surface area contributed by atoms with Crippen molar-refractivity contribution in [3.05, 3.63) is 46.0 Å². The first-order valence-electron chi connectivity index (χ1n) is 5.33. The van der Waals surface area contributed by atoms with Gasteiger partial charge in [0.05, 0.1) is 0 Å². The lowest BCUT2D eigenvalue weighted by molar-refractivity contribution is -0.575. The largest absolute Gasteiger partial charge is 0.381 e. The van der Waals surface area contributed by atoms with Gasteiger partial charge in [-0.3, -0.25) is 10.1 Å². The van der Waals surface area contributed by atoms with Gasteiger partial charge in [0.2, 0.25) is 5.54 Å². The van der Waals surface area contributed by atoms with Crippen molar-refractivity contribution in [2.75, 3.05) is 0 Å². The molecule has 4 heteroatoms. The molecule has 0 saturated carbocycles. The molecule has 0 bridgehead atoms. The molecule has 0 aliphatic heterocycles. The van der Waals surface area contributed by atoms with Gasteiger partial charge < -0.3 is 5.11 Å². The maximum atomic E-state index is 10.7. The van der Waals surface area contributed by atoms with Crippen molar-refractivity contribution in [3.63, 3.8) is 0 Å². The van der Waals surface area contributed by atoms with Gasteiger partial charge in [0.15, 0.2) is 0 Å². The van der Waals surface area contributed by atoms with E-state index in [2.05, 4.69) is 0 Å². The Balaban J connectivity index is 0.00000106. The monoisotopic (exact) mass is 225 g/mol. The number of aliphatic hydroxyl groups is 1. The molecular formula is C12H19NO3. The molecule has 0 saturated heterocycles. The van der Waals surface area contributed by atoms with Crippen LogP contribution in [0.3, 0.4) is 0 Å². The first-order chi connectivity index (χ1) is 7.46. The van der Waals surface area contributed by atoms with Gasteiger partial charge in [-0.1, -0.05) is 44.2 Å². The number of hydrogen-bond donors (Lipinski definition) is 1. The maximum absolute atomic E-state index is 10.7. The predicted octanol–water partition coefficient (Wildman–Crippen LogP) is 2.80. The highest BCUT2D eigenvalue weighted by molar-refractivity contribution is 5.19. The van der Waals surface area contributed by atoms with Gasteiger partial charge in [-0.15, -0.1) is 0 Å². The summed E-state index contributed by atoms with van der Waals surface area (Å²) in [6.07, 6.45) is -1.08. The molecule has 0 aliphatic rings. The number of rotatable bonds is 3. The zero-order valence-electron chi connectivity index (χ0n) is 10.2. The average Bonchev–Trinajstić information content (AvgIpc) is 2.31. The third-order valence-corrected chi connectivity index (χ3v) is 2.26. The fourth-order valence-corrected chi connectivity index (χ4v) is 1.14. The highest BCUT2D eigenvalue weighted by Gasteiger charge is 2.40. The standard InChI is InChI=1S/C10H13NO3.C2H6/c1-10(2,11(13)14)9(12)8-6-4-3-5-7-8;1-2/h3-7,9,12H,1-2H3;1-2H3. The lowest BCUT2D eigenvalue weighted by Crippen LogP contribution is -2.37. The second kappa shape index (κ2) is 6.23. The molecule has 90 valence electrons. The van der Waals surface area contributed by atoms with Crippen LogP contribution >= 0.6 is 0 Å². The smallest absolute Gasteiger partial charge is 0.246 e. The summed E-state index contributed by atoms with van der Waals surface area (Å²) in [5.74, 6) is 0. The van der Waals surface area contributed by atoms with E-state index in [4.69, 9.17) is 0 Å². The van der Waals surface area contributed by atoms with Crippen LogP contribution in [0, 0.1) is 10.1 Å². The van der Waals surface area contributed by atoms with Crippen LogP contribution in [0.5, 0.6) is 0 Å². The van der Waals surface area contributed by atoms with Crippen molar-refractivity contribution in [3.8, 4) is 0 Å². The van der Waals surface area contributed by atoms with E-state index in [1.54, 1.807) is 30.3 Å². The summed E-state index contributed by atoms with van der Waals surface area (Å²) in [6.45, 7) is 6.81. The molecular weight excluding hydrogens is 206 g/mol. The molecule has 0 fully saturated rings. The van der Waals surface area contributed by atoms with E-state index in [-0.39, 0.29) is 0 Å². The van der Waals surface area contributed by atoms with Gasteiger partial charge in [-0.25, -0.2) is 0 Å². The molecule has 1 aromatic carbocycles. The van der Waals surface area contributed by atoms with Gasteiger partial charge in [0.25, 0.3) is 0 Å². The number of hydrogen-bond acceptors (Lipinski definition) is 3. The van der Waals surface area contributed by atoms with Crippen LogP contribution < -0.4 is 0 Å². The van der Waals surface area contributed by atoms with Gasteiger partial charge >= 0.3 is 0 Å². The van der Waals surface area contributed by atoms with Crippen LogP contribution in [0.2, 0.25) is 0 Å². The van der Waals surface area contributed by atoms with Crippen LogP contribution in [0.4, 0.5) is 0 Å². The molecule has 1 unspecified atom stereocenters. The third-order valence-electron chi connectivity index (χ3n) is 2.26. The molecule has 4 nitrogen and oxygen atoms in total. The van der Waals surface area contributed by atoms with E-state index in [0.29, 0.717) is 5.56 Å². The van der Waals surface area contributed by atoms with Crippen molar-refractivity contribution in [1.82, 2.24) is 0 Å². The molecule has 16 heavy (non-hydrogen) atoms. The quantitative estimate of drug-likeness (QED) is 0.635. The predicted molar refractivity (Wildman–Crippen MR) is 63.8 cm³/mol. The van der Waals surface area contributed by atoms with E-state index in [1.165, 1.54) is 13.8 Å². The zero-order valence-corrected chi connectivity index (χ0v) is 10.2. The highest BCUT2D eigenvalue weighted by Crippen LogP contribution is 2.27. The Morgan fingerprint density at radius 2 is 1.69 bits per heavy atom. The van der Waals surface area contributed by atoms with Crippen molar-refractivity contribution >= 4 is 0 Å². The number of nitrogens with zero attached hydrogens (tertiary/aromatic N) is 1. The summed E-state index contributed by atoms with van der Waals surface area (Å²) in [5, 5.41) is 20.5. The van der Waals surface area contributed by atoms with Crippen LogP contribution in [-0.4, -0.2) is 15.6 Å². The summed E-state index contributed by atoms with van der Waals surface area (Å²) in [4.78, 5) is 10.2. The Kier molecular flexibility index (Phi) is 5.67. The van der Waals surface area contributed by atoms with E-state index in [0.717, 1.165) is 0 Å². The van der Waals surface area contributed by atoms with Gasteiger partial charge in [-0.2, -0.15) is 0 Å². The van der Waals surface area contributed by atoms with E-state index < -0.39 is 16.6 Å². The number of aliphatic hydroxyl groups excluding tert-OH is 1. The first kappa shape index (κ1) is 14.6. The minimum atomic E-state index is -1.36. The Morgan fingerprint density at radius 3 is 2.06 bits per heavy atom. The molecule has 1 N–H and O–H groups in total.